The first-order valence-electron chi connectivity index (χ1n) is 8.05. The van der Waals surface area contributed by atoms with Crippen LogP contribution in [0.4, 0.5) is 0 Å². The van der Waals surface area contributed by atoms with Crippen molar-refractivity contribution >= 4 is 5.91 Å². The van der Waals surface area contributed by atoms with Gasteiger partial charge >= 0.3 is 0 Å². The second kappa shape index (κ2) is 7.90. The molecule has 1 atom stereocenters. The zero-order chi connectivity index (χ0) is 16.8. The predicted molar refractivity (Wildman–Crippen MR) is 88.4 cm³/mol. The second-order valence-corrected chi connectivity index (χ2v) is 5.69. The molecule has 126 valence electrons. The molecule has 0 spiro atoms. The number of ether oxygens (including phenoxy) is 1. The molecule has 1 aliphatic rings. The molecule has 2 heterocycles. The van der Waals surface area contributed by atoms with E-state index in [1.807, 2.05) is 30.3 Å². The van der Waals surface area contributed by atoms with Crippen LogP contribution in [0.25, 0.3) is 0 Å². The van der Waals surface area contributed by atoms with E-state index in [0.717, 1.165) is 24.8 Å². The average molecular weight is 328 g/mol. The summed E-state index contributed by atoms with van der Waals surface area (Å²) in [6.45, 7) is 1.03. The Balaban J connectivity index is 1.68. The van der Waals surface area contributed by atoms with Gasteiger partial charge in [0.25, 0.3) is 11.5 Å². The molecule has 24 heavy (non-hydrogen) atoms. The van der Waals surface area contributed by atoms with Crippen molar-refractivity contribution in [3.05, 3.63) is 70.1 Å². The fourth-order valence-electron chi connectivity index (χ4n) is 2.59. The summed E-state index contributed by atoms with van der Waals surface area (Å²) in [5, 5.41) is 0. The predicted octanol–water partition coefficient (Wildman–Crippen LogP) is 2.08. The topological polar surface area (TPSA) is 69.6 Å². The Morgan fingerprint density at radius 3 is 2.79 bits per heavy atom. The van der Waals surface area contributed by atoms with Gasteiger partial charge in [-0.25, -0.2) is 10.3 Å². The number of nitrogens with zero attached hydrogens (tertiary/aromatic N) is 1. The average Bonchev–Trinajstić information content (AvgIpc) is 2.63. The van der Waals surface area contributed by atoms with Crippen molar-refractivity contribution in [3.8, 4) is 0 Å². The van der Waals surface area contributed by atoms with Gasteiger partial charge in [-0.1, -0.05) is 30.3 Å². The maximum atomic E-state index is 12.5. The summed E-state index contributed by atoms with van der Waals surface area (Å²) >= 11 is 0. The zero-order valence-corrected chi connectivity index (χ0v) is 13.3. The first-order chi connectivity index (χ1) is 11.7. The number of carbonyl (C=O) groups is 1. The van der Waals surface area contributed by atoms with Gasteiger partial charge in [-0.05, 0) is 30.5 Å². The molecular weight excluding hydrogens is 308 g/mol. The Bertz CT molecular complexity index is 736. The fourth-order valence-corrected chi connectivity index (χ4v) is 2.59. The van der Waals surface area contributed by atoms with E-state index in [9.17, 15) is 9.59 Å². The minimum Gasteiger partial charge on any atom is -0.350 e. The molecule has 0 bridgehead atoms. The highest BCUT2D eigenvalue weighted by Gasteiger charge is 2.18. The Morgan fingerprint density at radius 1 is 1.21 bits per heavy atom. The van der Waals surface area contributed by atoms with E-state index < -0.39 is 12.2 Å². The lowest BCUT2D eigenvalue weighted by atomic mass is 10.2. The van der Waals surface area contributed by atoms with Crippen LogP contribution in [-0.4, -0.2) is 23.4 Å². The third kappa shape index (κ3) is 4.10. The third-order valence-corrected chi connectivity index (χ3v) is 3.88. The van der Waals surface area contributed by atoms with Gasteiger partial charge in [-0.2, -0.15) is 0 Å². The highest BCUT2D eigenvalue weighted by molar-refractivity contribution is 5.93. The van der Waals surface area contributed by atoms with Crippen LogP contribution in [0.1, 0.15) is 35.2 Å². The van der Waals surface area contributed by atoms with E-state index in [0.29, 0.717) is 13.2 Å². The van der Waals surface area contributed by atoms with Crippen molar-refractivity contribution in [2.45, 2.75) is 32.1 Å². The molecule has 1 saturated heterocycles. The highest BCUT2D eigenvalue weighted by atomic mass is 16.8. The van der Waals surface area contributed by atoms with E-state index in [1.165, 1.54) is 10.6 Å². The number of hydroxylamine groups is 1. The smallest absolute Gasteiger partial charge is 0.280 e. The Hall–Kier alpha value is -2.44. The molecule has 0 saturated carbocycles. The van der Waals surface area contributed by atoms with E-state index in [1.54, 1.807) is 12.3 Å². The maximum absolute atomic E-state index is 12.5. The molecular formula is C18H20N2O4. The molecule has 6 nitrogen and oxygen atoms in total. The van der Waals surface area contributed by atoms with Crippen LogP contribution >= 0.6 is 0 Å². The lowest BCUT2D eigenvalue weighted by Crippen LogP contribution is -2.37. The van der Waals surface area contributed by atoms with Crippen LogP contribution in [0.5, 0.6) is 0 Å². The lowest BCUT2D eigenvalue weighted by Gasteiger charge is -2.22. The summed E-state index contributed by atoms with van der Waals surface area (Å²) in [5.41, 5.74) is 3.00. The SMILES string of the molecule is O=C(NO[C@H]1CCCCO1)c1cccn(Cc2ccccc2)c1=O. The standard InChI is InChI=1S/C18H20N2O4/c21-17(19-24-16-10-4-5-12-23-16)15-9-6-11-20(18(15)22)13-14-7-2-1-3-8-14/h1-3,6-9,11,16H,4-5,10,12-13H2,(H,19,21)/t16-/m0/s1. The highest BCUT2D eigenvalue weighted by Crippen LogP contribution is 2.12. The summed E-state index contributed by atoms with van der Waals surface area (Å²) < 4.78 is 6.88. The van der Waals surface area contributed by atoms with Crippen molar-refractivity contribution in [1.29, 1.82) is 0 Å². The van der Waals surface area contributed by atoms with Crippen LogP contribution < -0.4 is 11.0 Å². The summed E-state index contributed by atoms with van der Waals surface area (Å²) in [5.74, 6) is -0.559. The van der Waals surface area contributed by atoms with Crippen LogP contribution in [-0.2, 0) is 16.1 Å². The number of carbonyl (C=O) groups excluding carboxylic acids is 1. The van der Waals surface area contributed by atoms with Crippen molar-refractivity contribution < 1.29 is 14.4 Å². The fraction of sp³-hybridized carbons (Fsp3) is 0.333. The summed E-state index contributed by atoms with van der Waals surface area (Å²) in [6.07, 6.45) is 3.94. The molecule has 0 unspecified atom stereocenters. The number of benzene rings is 1. The molecule has 1 aliphatic heterocycles. The van der Waals surface area contributed by atoms with Gasteiger partial charge < -0.3 is 9.30 Å². The van der Waals surface area contributed by atoms with Crippen molar-refractivity contribution in [1.82, 2.24) is 10.0 Å². The lowest BCUT2D eigenvalue weighted by molar-refractivity contribution is -0.186. The first kappa shape index (κ1) is 16.4. The monoisotopic (exact) mass is 328 g/mol. The van der Waals surface area contributed by atoms with Gasteiger partial charge in [0.2, 0.25) is 0 Å². The van der Waals surface area contributed by atoms with E-state index in [4.69, 9.17) is 9.57 Å². The van der Waals surface area contributed by atoms with Crippen LogP contribution in [0.2, 0.25) is 0 Å². The Morgan fingerprint density at radius 2 is 2.04 bits per heavy atom. The van der Waals surface area contributed by atoms with Gasteiger partial charge in [-0.3, -0.25) is 9.59 Å². The summed E-state index contributed by atoms with van der Waals surface area (Å²) in [4.78, 5) is 29.9. The van der Waals surface area contributed by atoms with Gasteiger partial charge in [0.15, 0.2) is 6.29 Å². The van der Waals surface area contributed by atoms with Gasteiger partial charge in [0.1, 0.15) is 5.56 Å². The number of rotatable bonds is 5. The molecule has 3 rings (SSSR count). The molecule has 0 radical (unpaired) electrons. The molecule has 1 aromatic heterocycles. The van der Waals surface area contributed by atoms with E-state index >= 15 is 0 Å². The molecule has 6 heteroatoms. The van der Waals surface area contributed by atoms with Crippen molar-refractivity contribution in [2.24, 2.45) is 0 Å². The Kier molecular flexibility index (Phi) is 5.40. The quantitative estimate of drug-likeness (QED) is 0.853. The number of amides is 1. The number of aromatic nitrogens is 1. The summed E-state index contributed by atoms with van der Waals surface area (Å²) in [6, 6.07) is 12.8. The minimum atomic E-state index is -0.559. The van der Waals surface area contributed by atoms with Crippen LogP contribution in [0.3, 0.4) is 0 Å². The molecule has 1 N–H and O–H groups in total. The number of hydrogen-bond acceptors (Lipinski definition) is 4. The zero-order valence-electron chi connectivity index (χ0n) is 13.3. The molecule has 2 aromatic rings. The Labute approximate surface area is 140 Å². The normalized spacial score (nSPS) is 17.4. The van der Waals surface area contributed by atoms with Crippen LogP contribution in [0, 0.1) is 0 Å². The number of pyridine rings is 1. The van der Waals surface area contributed by atoms with Crippen molar-refractivity contribution in [2.75, 3.05) is 6.61 Å². The number of nitrogens with one attached hydrogen (secondary N) is 1. The first-order valence-corrected chi connectivity index (χ1v) is 8.05. The largest absolute Gasteiger partial charge is 0.350 e. The molecule has 1 fully saturated rings. The number of hydrogen-bond donors (Lipinski definition) is 1. The molecule has 1 amide bonds. The molecule has 1 aromatic carbocycles. The maximum Gasteiger partial charge on any atom is 0.280 e. The third-order valence-electron chi connectivity index (χ3n) is 3.88. The van der Waals surface area contributed by atoms with Crippen molar-refractivity contribution in [3.63, 3.8) is 0 Å². The molecule has 0 aliphatic carbocycles. The van der Waals surface area contributed by atoms with E-state index in [-0.39, 0.29) is 11.1 Å². The van der Waals surface area contributed by atoms with Gasteiger partial charge in [0, 0.05) is 19.2 Å². The van der Waals surface area contributed by atoms with Crippen LogP contribution in [0.15, 0.2) is 53.5 Å². The van der Waals surface area contributed by atoms with Gasteiger partial charge in [0.05, 0.1) is 6.54 Å². The van der Waals surface area contributed by atoms with Gasteiger partial charge in [-0.15, -0.1) is 0 Å². The second-order valence-electron chi connectivity index (χ2n) is 5.69. The van der Waals surface area contributed by atoms with E-state index in [2.05, 4.69) is 5.48 Å². The summed E-state index contributed by atoms with van der Waals surface area (Å²) in [7, 11) is 0. The minimum absolute atomic E-state index is 0.0456.